The number of anilines is 1. The van der Waals surface area contributed by atoms with Gasteiger partial charge in [0.1, 0.15) is 11.6 Å². The summed E-state index contributed by atoms with van der Waals surface area (Å²) >= 11 is 0. The zero-order valence-electron chi connectivity index (χ0n) is 13.3. The molecule has 1 N–H and O–H groups in total. The van der Waals surface area contributed by atoms with E-state index in [1.54, 1.807) is 0 Å². The number of benzene rings is 1. The molecule has 0 atom stereocenters. The Hall–Kier alpha value is -1.94. The van der Waals surface area contributed by atoms with Gasteiger partial charge in [-0.05, 0) is 27.9 Å². The fraction of sp³-hybridized carbons (Fsp3) is 0.412. The van der Waals surface area contributed by atoms with Gasteiger partial charge in [-0.3, -0.25) is 0 Å². The third-order valence-corrected chi connectivity index (χ3v) is 3.37. The number of rotatable bonds is 6. The topological polar surface area (TPSA) is 41.1 Å². The van der Waals surface area contributed by atoms with Gasteiger partial charge in [0.25, 0.3) is 0 Å². The second-order valence-corrected chi connectivity index (χ2v) is 5.41. The van der Waals surface area contributed by atoms with Crippen molar-refractivity contribution in [2.45, 2.75) is 20.3 Å². The van der Waals surface area contributed by atoms with Gasteiger partial charge in [0.15, 0.2) is 0 Å². The highest BCUT2D eigenvalue weighted by atomic mass is 15.1. The van der Waals surface area contributed by atoms with Crippen LogP contribution >= 0.6 is 0 Å². The van der Waals surface area contributed by atoms with Crippen LogP contribution in [0.25, 0.3) is 11.3 Å². The highest BCUT2D eigenvalue weighted by Crippen LogP contribution is 2.25. The van der Waals surface area contributed by atoms with Crippen molar-refractivity contribution in [3.05, 3.63) is 41.7 Å². The van der Waals surface area contributed by atoms with Crippen LogP contribution in [-0.2, 0) is 6.42 Å². The SMILES string of the molecule is CCNc1nc(CCN(C)C)nc(-c2ccccc2)c1C. The number of hydrogen-bond acceptors (Lipinski definition) is 4. The Labute approximate surface area is 127 Å². The molecule has 0 spiro atoms. The molecule has 0 amide bonds. The smallest absolute Gasteiger partial charge is 0.133 e. The van der Waals surface area contributed by atoms with E-state index in [0.29, 0.717) is 0 Å². The summed E-state index contributed by atoms with van der Waals surface area (Å²) in [6.45, 7) is 5.97. The first kappa shape index (κ1) is 15.4. The van der Waals surface area contributed by atoms with Crippen molar-refractivity contribution in [3.8, 4) is 11.3 Å². The molecule has 0 bridgehead atoms. The Bertz CT molecular complexity index is 579. The molecule has 0 fully saturated rings. The average Bonchev–Trinajstić information content (AvgIpc) is 2.49. The number of likely N-dealkylation sites (N-methyl/N-ethyl adjacent to an activating group) is 1. The molecular weight excluding hydrogens is 260 g/mol. The van der Waals surface area contributed by atoms with E-state index in [4.69, 9.17) is 4.98 Å². The summed E-state index contributed by atoms with van der Waals surface area (Å²) < 4.78 is 0. The van der Waals surface area contributed by atoms with Crippen molar-refractivity contribution >= 4 is 5.82 Å². The molecule has 112 valence electrons. The van der Waals surface area contributed by atoms with E-state index in [-0.39, 0.29) is 0 Å². The molecule has 21 heavy (non-hydrogen) atoms. The first-order chi connectivity index (χ1) is 10.1. The number of hydrogen-bond donors (Lipinski definition) is 1. The molecule has 2 aromatic rings. The fourth-order valence-corrected chi connectivity index (χ4v) is 2.22. The number of nitrogens with one attached hydrogen (secondary N) is 1. The molecule has 0 aliphatic heterocycles. The Morgan fingerprint density at radius 1 is 1.10 bits per heavy atom. The maximum atomic E-state index is 4.78. The van der Waals surface area contributed by atoms with Gasteiger partial charge in [0.2, 0.25) is 0 Å². The van der Waals surface area contributed by atoms with Gasteiger partial charge in [-0.2, -0.15) is 0 Å². The third kappa shape index (κ3) is 4.02. The summed E-state index contributed by atoms with van der Waals surface area (Å²) in [5.41, 5.74) is 3.27. The van der Waals surface area contributed by atoms with Crippen LogP contribution in [0.4, 0.5) is 5.82 Å². The first-order valence-electron chi connectivity index (χ1n) is 7.43. The van der Waals surface area contributed by atoms with E-state index >= 15 is 0 Å². The van der Waals surface area contributed by atoms with Crippen LogP contribution in [0.1, 0.15) is 18.3 Å². The molecule has 1 aromatic heterocycles. The Kier molecular flexibility index (Phi) is 5.28. The van der Waals surface area contributed by atoms with E-state index in [9.17, 15) is 0 Å². The molecule has 1 heterocycles. The molecule has 0 saturated heterocycles. The molecule has 4 nitrogen and oxygen atoms in total. The Morgan fingerprint density at radius 2 is 1.81 bits per heavy atom. The maximum Gasteiger partial charge on any atom is 0.133 e. The van der Waals surface area contributed by atoms with Crippen LogP contribution in [0.2, 0.25) is 0 Å². The number of nitrogens with zero attached hydrogens (tertiary/aromatic N) is 3. The van der Waals surface area contributed by atoms with Gasteiger partial charge < -0.3 is 10.2 Å². The number of aromatic nitrogens is 2. The second kappa shape index (κ2) is 7.18. The minimum absolute atomic E-state index is 0.853. The lowest BCUT2D eigenvalue weighted by Gasteiger charge is -2.15. The molecule has 1 aromatic carbocycles. The summed E-state index contributed by atoms with van der Waals surface area (Å²) in [6, 6.07) is 10.3. The minimum Gasteiger partial charge on any atom is -0.370 e. The van der Waals surface area contributed by atoms with Crippen LogP contribution < -0.4 is 5.32 Å². The predicted octanol–water partition coefficient (Wildman–Crippen LogP) is 2.99. The lowest BCUT2D eigenvalue weighted by molar-refractivity contribution is 0.409. The largest absolute Gasteiger partial charge is 0.370 e. The summed E-state index contributed by atoms with van der Waals surface area (Å²) in [5, 5.41) is 3.35. The van der Waals surface area contributed by atoms with Gasteiger partial charge in [0.05, 0.1) is 5.69 Å². The summed E-state index contributed by atoms with van der Waals surface area (Å²) in [5.74, 6) is 1.84. The standard InChI is InChI=1S/C17H24N4/c1-5-18-17-13(2)16(14-9-7-6-8-10-14)19-15(20-17)11-12-21(3)4/h6-10H,5,11-12H2,1-4H3,(H,18,19,20). The first-order valence-corrected chi connectivity index (χ1v) is 7.43. The van der Waals surface area contributed by atoms with E-state index < -0.39 is 0 Å². The predicted molar refractivity (Wildman–Crippen MR) is 88.6 cm³/mol. The lowest BCUT2D eigenvalue weighted by Crippen LogP contribution is -2.17. The van der Waals surface area contributed by atoms with Gasteiger partial charge in [0, 0.05) is 30.6 Å². The normalized spacial score (nSPS) is 10.9. The Morgan fingerprint density at radius 3 is 2.43 bits per heavy atom. The second-order valence-electron chi connectivity index (χ2n) is 5.41. The third-order valence-electron chi connectivity index (χ3n) is 3.37. The van der Waals surface area contributed by atoms with Crippen LogP contribution in [0, 0.1) is 6.92 Å². The average molecular weight is 284 g/mol. The van der Waals surface area contributed by atoms with E-state index in [2.05, 4.69) is 55.3 Å². The van der Waals surface area contributed by atoms with Crippen molar-refractivity contribution in [2.24, 2.45) is 0 Å². The van der Waals surface area contributed by atoms with Crippen molar-refractivity contribution in [1.29, 1.82) is 0 Å². The zero-order chi connectivity index (χ0) is 15.2. The van der Waals surface area contributed by atoms with Crippen molar-refractivity contribution < 1.29 is 0 Å². The van der Waals surface area contributed by atoms with Gasteiger partial charge in [-0.25, -0.2) is 9.97 Å². The van der Waals surface area contributed by atoms with Gasteiger partial charge in [-0.15, -0.1) is 0 Å². The molecule has 0 unspecified atom stereocenters. The van der Waals surface area contributed by atoms with E-state index in [1.165, 1.54) is 0 Å². The van der Waals surface area contributed by atoms with Crippen LogP contribution in [0.3, 0.4) is 0 Å². The van der Waals surface area contributed by atoms with Gasteiger partial charge in [-0.1, -0.05) is 30.3 Å². The highest BCUT2D eigenvalue weighted by Gasteiger charge is 2.12. The zero-order valence-corrected chi connectivity index (χ0v) is 13.3. The van der Waals surface area contributed by atoms with E-state index in [0.717, 1.165) is 48.0 Å². The molecule has 0 aliphatic carbocycles. The monoisotopic (exact) mass is 284 g/mol. The minimum atomic E-state index is 0.853. The van der Waals surface area contributed by atoms with Gasteiger partial charge >= 0.3 is 0 Å². The molecular formula is C17H24N4. The molecule has 0 saturated carbocycles. The quantitative estimate of drug-likeness (QED) is 0.885. The Balaban J connectivity index is 2.42. The van der Waals surface area contributed by atoms with Crippen molar-refractivity contribution in [1.82, 2.24) is 14.9 Å². The lowest BCUT2D eigenvalue weighted by atomic mass is 10.1. The highest BCUT2D eigenvalue weighted by molar-refractivity contribution is 5.68. The molecule has 4 heteroatoms. The summed E-state index contributed by atoms with van der Waals surface area (Å²) in [6.07, 6.45) is 0.853. The van der Waals surface area contributed by atoms with Crippen molar-refractivity contribution in [3.63, 3.8) is 0 Å². The van der Waals surface area contributed by atoms with Crippen LogP contribution in [0.5, 0.6) is 0 Å². The van der Waals surface area contributed by atoms with Crippen LogP contribution in [0.15, 0.2) is 30.3 Å². The van der Waals surface area contributed by atoms with Crippen molar-refractivity contribution in [2.75, 3.05) is 32.5 Å². The maximum absolute atomic E-state index is 4.78. The van der Waals surface area contributed by atoms with E-state index in [1.807, 2.05) is 18.2 Å². The molecule has 2 rings (SSSR count). The fourth-order valence-electron chi connectivity index (χ4n) is 2.22. The van der Waals surface area contributed by atoms with Crippen LogP contribution in [-0.4, -0.2) is 42.1 Å². The molecule has 0 aliphatic rings. The summed E-state index contributed by atoms with van der Waals surface area (Å²) in [7, 11) is 4.13. The molecule has 0 radical (unpaired) electrons. The summed E-state index contributed by atoms with van der Waals surface area (Å²) in [4.78, 5) is 11.6.